The fourth-order valence-corrected chi connectivity index (χ4v) is 3.41. The van der Waals surface area contributed by atoms with Crippen LogP contribution in [0.5, 0.6) is 0 Å². The second kappa shape index (κ2) is 7.01. The van der Waals surface area contributed by atoms with E-state index in [2.05, 4.69) is 25.1 Å². The number of hydrogen-bond acceptors (Lipinski definition) is 4. The van der Waals surface area contributed by atoms with Gasteiger partial charge in [0.05, 0.1) is 11.1 Å². The van der Waals surface area contributed by atoms with Crippen LogP contribution in [0.2, 0.25) is 0 Å². The van der Waals surface area contributed by atoms with Crippen LogP contribution in [0.1, 0.15) is 41.3 Å². The van der Waals surface area contributed by atoms with Crippen LogP contribution >= 0.6 is 0 Å². The number of carbonyl (C=O) groups excluding carboxylic acids is 1. The summed E-state index contributed by atoms with van der Waals surface area (Å²) >= 11 is 0. The van der Waals surface area contributed by atoms with Crippen molar-refractivity contribution in [1.29, 1.82) is 0 Å². The lowest BCUT2D eigenvalue weighted by atomic mass is 10.1. The molecule has 0 bridgehead atoms. The van der Waals surface area contributed by atoms with Crippen molar-refractivity contribution in [3.63, 3.8) is 0 Å². The van der Waals surface area contributed by atoms with Gasteiger partial charge in [-0.2, -0.15) is 0 Å². The number of amides is 1. The Bertz CT molecular complexity index is 896. The Kier molecular flexibility index (Phi) is 4.41. The maximum Gasteiger partial charge on any atom is 0.252 e. The van der Waals surface area contributed by atoms with Crippen molar-refractivity contribution in [3.8, 4) is 0 Å². The average molecular weight is 335 g/mol. The summed E-state index contributed by atoms with van der Waals surface area (Å²) in [4.78, 5) is 16.8. The highest BCUT2D eigenvalue weighted by atomic mass is 16.1. The molecule has 2 aromatic heterocycles. The predicted molar refractivity (Wildman–Crippen MR) is 95.4 cm³/mol. The van der Waals surface area contributed by atoms with Gasteiger partial charge in [0.2, 0.25) is 0 Å². The molecule has 3 aromatic rings. The van der Waals surface area contributed by atoms with Gasteiger partial charge in [-0.1, -0.05) is 24.6 Å². The van der Waals surface area contributed by atoms with E-state index in [0.29, 0.717) is 18.5 Å². The normalized spacial score (nSPS) is 14.1. The van der Waals surface area contributed by atoms with Gasteiger partial charge < -0.3 is 9.88 Å². The first-order valence-corrected chi connectivity index (χ1v) is 8.86. The van der Waals surface area contributed by atoms with Crippen LogP contribution < -0.4 is 5.32 Å². The molecule has 6 nitrogen and oxygen atoms in total. The van der Waals surface area contributed by atoms with Crippen molar-refractivity contribution in [2.75, 3.05) is 6.54 Å². The highest BCUT2D eigenvalue weighted by Gasteiger charge is 2.15. The second-order valence-electron chi connectivity index (χ2n) is 6.38. The Morgan fingerprint density at radius 2 is 2.04 bits per heavy atom. The van der Waals surface area contributed by atoms with Gasteiger partial charge in [-0.05, 0) is 25.0 Å². The summed E-state index contributed by atoms with van der Waals surface area (Å²) < 4.78 is 2.22. The van der Waals surface area contributed by atoms with Gasteiger partial charge in [0.1, 0.15) is 11.6 Å². The van der Waals surface area contributed by atoms with Gasteiger partial charge >= 0.3 is 0 Å². The van der Waals surface area contributed by atoms with E-state index in [-0.39, 0.29) is 5.91 Å². The number of aromatic nitrogens is 4. The zero-order valence-corrected chi connectivity index (χ0v) is 14.1. The summed E-state index contributed by atoms with van der Waals surface area (Å²) in [6, 6.07) is 9.45. The highest BCUT2D eigenvalue weighted by Crippen LogP contribution is 2.16. The van der Waals surface area contributed by atoms with Gasteiger partial charge in [0.25, 0.3) is 5.91 Å². The Labute approximate surface area is 146 Å². The van der Waals surface area contributed by atoms with Crippen LogP contribution in [0.25, 0.3) is 10.9 Å². The molecular formula is C19H21N5O. The first-order valence-electron chi connectivity index (χ1n) is 8.86. The minimum Gasteiger partial charge on any atom is -0.352 e. The van der Waals surface area contributed by atoms with E-state index < -0.39 is 0 Å². The van der Waals surface area contributed by atoms with Gasteiger partial charge in [-0.15, -0.1) is 10.2 Å². The molecule has 0 radical (unpaired) electrons. The summed E-state index contributed by atoms with van der Waals surface area (Å²) in [6.07, 6.45) is 6.98. The SMILES string of the molecule is O=C(NCCc1nnc2n1CCCCC2)c1ccnc2ccccc12. The van der Waals surface area contributed by atoms with Crippen LogP contribution in [-0.2, 0) is 19.4 Å². The van der Waals surface area contributed by atoms with Crippen molar-refractivity contribution in [1.82, 2.24) is 25.1 Å². The van der Waals surface area contributed by atoms with E-state index in [4.69, 9.17) is 0 Å². The molecule has 3 heterocycles. The van der Waals surface area contributed by atoms with Crippen molar-refractivity contribution >= 4 is 16.8 Å². The lowest BCUT2D eigenvalue weighted by Crippen LogP contribution is -2.26. The molecule has 25 heavy (non-hydrogen) atoms. The Morgan fingerprint density at radius 3 is 3.00 bits per heavy atom. The van der Waals surface area contributed by atoms with E-state index in [1.807, 2.05) is 24.3 Å². The molecule has 4 rings (SSSR count). The molecular weight excluding hydrogens is 314 g/mol. The molecule has 1 N–H and O–H groups in total. The molecule has 1 amide bonds. The van der Waals surface area contributed by atoms with Gasteiger partial charge in [0.15, 0.2) is 0 Å². The average Bonchev–Trinajstić information content (AvgIpc) is 2.88. The van der Waals surface area contributed by atoms with Gasteiger partial charge in [-0.25, -0.2) is 0 Å². The third-order valence-electron chi connectivity index (χ3n) is 4.71. The fourth-order valence-electron chi connectivity index (χ4n) is 3.41. The topological polar surface area (TPSA) is 72.7 Å². The molecule has 0 saturated carbocycles. The number of pyridine rings is 1. The van der Waals surface area contributed by atoms with Gasteiger partial charge in [0, 0.05) is 37.5 Å². The summed E-state index contributed by atoms with van der Waals surface area (Å²) in [7, 11) is 0. The molecule has 0 saturated heterocycles. The van der Waals surface area contributed by atoms with Crippen molar-refractivity contribution in [3.05, 3.63) is 53.7 Å². The summed E-state index contributed by atoms with van der Waals surface area (Å²) in [5, 5.41) is 12.5. The van der Waals surface area contributed by atoms with E-state index >= 15 is 0 Å². The number of benzene rings is 1. The Morgan fingerprint density at radius 1 is 1.12 bits per heavy atom. The quantitative estimate of drug-likeness (QED) is 0.795. The van der Waals surface area contributed by atoms with Gasteiger partial charge in [-0.3, -0.25) is 9.78 Å². The molecule has 1 aliphatic rings. The molecule has 1 aliphatic heterocycles. The van der Waals surface area contributed by atoms with Crippen LogP contribution in [0.4, 0.5) is 0 Å². The molecule has 1 aromatic carbocycles. The van der Waals surface area contributed by atoms with Crippen molar-refractivity contribution < 1.29 is 4.79 Å². The number of nitrogens with one attached hydrogen (secondary N) is 1. The number of hydrogen-bond donors (Lipinski definition) is 1. The number of carbonyl (C=O) groups is 1. The molecule has 6 heteroatoms. The van der Waals surface area contributed by atoms with Crippen LogP contribution in [0.3, 0.4) is 0 Å². The Balaban J connectivity index is 1.43. The Hall–Kier alpha value is -2.76. The summed E-state index contributed by atoms with van der Waals surface area (Å²) in [6.45, 7) is 1.54. The lowest BCUT2D eigenvalue weighted by molar-refractivity contribution is 0.0955. The number of aryl methyl sites for hydroxylation is 1. The first-order chi connectivity index (χ1) is 12.3. The highest BCUT2D eigenvalue weighted by molar-refractivity contribution is 6.05. The zero-order chi connectivity index (χ0) is 17.1. The third kappa shape index (κ3) is 3.24. The second-order valence-corrected chi connectivity index (χ2v) is 6.38. The predicted octanol–water partition coefficient (Wildman–Crippen LogP) is 2.53. The molecule has 0 aliphatic carbocycles. The zero-order valence-electron chi connectivity index (χ0n) is 14.1. The first kappa shape index (κ1) is 15.7. The molecule has 128 valence electrons. The van der Waals surface area contributed by atoms with E-state index in [9.17, 15) is 4.79 Å². The van der Waals surface area contributed by atoms with E-state index in [1.165, 1.54) is 19.3 Å². The largest absolute Gasteiger partial charge is 0.352 e. The smallest absolute Gasteiger partial charge is 0.252 e. The minimum absolute atomic E-state index is 0.0748. The van der Waals surface area contributed by atoms with Crippen LogP contribution in [0, 0.1) is 0 Å². The maximum absolute atomic E-state index is 12.5. The number of nitrogens with zero attached hydrogens (tertiary/aromatic N) is 4. The fraction of sp³-hybridized carbons (Fsp3) is 0.368. The number of fused-ring (bicyclic) bond motifs is 2. The number of para-hydroxylation sites is 1. The maximum atomic E-state index is 12.5. The van der Waals surface area contributed by atoms with E-state index in [0.717, 1.165) is 35.5 Å². The molecule has 0 fully saturated rings. The van der Waals surface area contributed by atoms with Crippen molar-refractivity contribution in [2.45, 2.75) is 38.6 Å². The molecule has 0 spiro atoms. The molecule has 0 atom stereocenters. The lowest BCUT2D eigenvalue weighted by Gasteiger charge is -2.09. The minimum atomic E-state index is -0.0748. The number of rotatable bonds is 4. The molecule has 0 unspecified atom stereocenters. The third-order valence-corrected chi connectivity index (χ3v) is 4.71. The summed E-state index contributed by atoms with van der Waals surface area (Å²) in [5.74, 6) is 1.98. The van der Waals surface area contributed by atoms with Crippen LogP contribution in [0.15, 0.2) is 36.5 Å². The monoisotopic (exact) mass is 335 g/mol. The van der Waals surface area contributed by atoms with Crippen LogP contribution in [-0.4, -0.2) is 32.2 Å². The van der Waals surface area contributed by atoms with E-state index in [1.54, 1.807) is 12.3 Å². The standard InChI is InChI=1S/C19H21N5O/c25-19(15-9-11-20-16-7-4-3-6-14(15)16)21-12-10-18-23-22-17-8-2-1-5-13-24(17)18/h3-4,6-7,9,11H,1-2,5,8,10,12-13H2,(H,21,25). The van der Waals surface area contributed by atoms with Crippen molar-refractivity contribution in [2.24, 2.45) is 0 Å². The summed E-state index contributed by atoms with van der Waals surface area (Å²) in [5.41, 5.74) is 1.49.